The molecular weight excluding hydrogens is 188 g/mol. The maximum absolute atomic E-state index is 12.0. The first-order valence-corrected chi connectivity index (χ1v) is 4.46. The topological polar surface area (TPSA) is 23.3 Å². The molecule has 0 fully saturated rings. The smallest absolute Gasteiger partial charge is 0.387 e. The van der Waals surface area contributed by atoms with Gasteiger partial charge in [0.25, 0.3) is 0 Å². The molecule has 0 atom stereocenters. The van der Waals surface area contributed by atoms with Crippen LogP contribution in [0.5, 0.6) is 5.75 Å². The van der Waals surface area contributed by atoms with Crippen molar-refractivity contribution in [2.75, 3.05) is 6.54 Å². The van der Waals surface area contributed by atoms with Crippen molar-refractivity contribution < 1.29 is 13.5 Å². The highest BCUT2D eigenvalue weighted by atomic mass is 19.3. The molecule has 1 aromatic carbocycles. The normalized spacial score (nSPS) is 15.4. The van der Waals surface area contributed by atoms with E-state index in [1.807, 2.05) is 6.07 Å². The first-order chi connectivity index (χ1) is 6.77. The highest BCUT2D eigenvalue weighted by molar-refractivity contribution is 5.41. The Morgan fingerprint density at radius 1 is 1.36 bits per heavy atom. The van der Waals surface area contributed by atoms with E-state index in [-0.39, 0.29) is 0 Å². The minimum atomic E-state index is -2.75. The van der Waals surface area contributed by atoms with E-state index in [0.29, 0.717) is 25.3 Å². The molecule has 1 aliphatic heterocycles. The van der Waals surface area contributed by atoms with Crippen LogP contribution in [0, 0.1) is 0 Å². The van der Waals surface area contributed by atoms with Gasteiger partial charge in [-0.1, -0.05) is 12.1 Å². The van der Waals surface area contributed by atoms with E-state index in [1.165, 1.54) is 0 Å². The van der Waals surface area contributed by atoms with E-state index < -0.39 is 6.61 Å². The number of ether oxygens (including phenoxy) is 1. The summed E-state index contributed by atoms with van der Waals surface area (Å²) in [6.45, 7) is -1.45. The Balaban J connectivity index is 2.30. The monoisotopic (exact) mass is 198 g/mol. The van der Waals surface area contributed by atoms with Gasteiger partial charge in [-0.05, 0) is 18.1 Å². The minimum absolute atomic E-state index is 0.299. The molecule has 0 aliphatic carbocycles. The van der Waals surface area contributed by atoms with E-state index >= 15 is 0 Å². The summed E-state index contributed by atoms with van der Waals surface area (Å²) in [7, 11) is 0. The molecule has 75 valence electrons. The lowest BCUT2D eigenvalue weighted by atomic mass is 10.0. The molecule has 0 amide bonds. The molecule has 0 saturated heterocycles. The molecular formula is C10H10F2NO. The van der Waals surface area contributed by atoms with Gasteiger partial charge >= 0.3 is 6.61 Å². The van der Waals surface area contributed by atoms with Gasteiger partial charge in [0, 0.05) is 18.7 Å². The highest BCUT2D eigenvalue weighted by Gasteiger charge is 2.16. The van der Waals surface area contributed by atoms with Crippen LogP contribution in [-0.4, -0.2) is 13.2 Å². The first-order valence-electron chi connectivity index (χ1n) is 4.46. The van der Waals surface area contributed by atoms with Gasteiger partial charge in [-0.15, -0.1) is 0 Å². The minimum Gasteiger partial charge on any atom is -0.435 e. The zero-order chi connectivity index (χ0) is 9.97. The maximum Gasteiger partial charge on any atom is 0.387 e. The van der Waals surface area contributed by atoms with E-state index in [2.05, 4.69) is 10.1 Å². The molecule has 0 unspecified atom stereocenters. The fourth-order valence-electron chi connectivity index (χ4n) is 1.64. The molecule has 1 heterocycles. The molecule has 2 rings (SSSR count). The average molecular weight is 198 g/mol. The Hall–Kier alpha value is -1.16. The third kappa shape index (κ3) is 1.85. The Labute approximate surface area is 80.9 Å². The van der Waals surface area contributed by atoms with Crippen molar-refractivity contribution in [2.45, 2.75) is 19.6 Å². The van der Waals surface area contributed by atoms with Crippen molar-refractivity contribution in [3.8, 4) is 5.75 Å². The van der Waals surface area contributed by atoms with Crippen LogP contribution in [0.25, 0.3) is 0 Å². The summed E-state index contributed by atoms with van der Waals surface area (Å²) >= 11 is 0. The molecule has 1 radical (unpaired) electrons. The molecule has 0 N–H and O–H groups in total. The highest BCUT2D eigenvalue weighted by Crippen LogP contribution is 2.26. The molecule has 1 aliphatic rings. The van der Waals surface area contributed by atoms with Crippen LogP contribution in [0.3, 0.4) is 0 Å². The number of hydrogen-bond donors (Lipinski definition) is 0. The quantitative estimate of drug-likeness (QED) is 0.712. The number of nitrogens with zero attached hydrogens (tertiary/aromatic N) is 1. The van der Waals surface area contributed by atoms with Gasteiger partial charge in [0.05, 0.1) is 0 Å². The third-order valence-electron chi connectivity index (χ3n) is 2.25. The van der Waals surface area contributed by atoms with Crippen LogP contribution in [0.1, 0.15) is 11.1 Å². The summed E-state index contributed by atoms with van der Waals surface area (Å²) < 4.78 is 28.5. The van der Waals surface area contributed by atoms with Gasteiger partial charge in [0.1, 0.15) is 5.75 Å². The summed E-state index contributed by atoms with van der Waals surface area (Å²) in [4.78, 5) is 0. The van der Waals surface area contributed by atoms with Crippen LogP contribution in [0.4, 0.5) is 8.78 Å². The van der Waals surface area contributed by atoms with E-state index in [9.17, 15) is 8.78 Å². The summed E-state index contributed by atoms with van der Waals surface area (Å²) in [6, 6.07) is 5.20. The zero-order valence-electron chi connectivity index (χ0n) is 7.54. The summed E-state index contributed by atoms with van der Waals surface area (Å²) in [5, 5.41) is 4.20. The molecule has 0 bridgehead atoms. The predicted octanol–water partition coefficient (Wildman–Crippen LogP) is 1.95. The van der Waals surface area contributed by atoms with Gasteiger partial charge in [-0.25, -0.2) is 5.32 Å². The van der Waals surface area contributed by atoms with Gasteiger partial charge in [-0.3, -0.25) is 0 Å². The molecule has 4 heteroatoms. The number of rotatable bonds is 2. The average Bonchev–Trinajstić information content (AvgIpc) is 2.18. The lowest BCUT2D eigenvalue weighted by Gasteiger charge is -2.18. The van der Waals surface area contributed by atoms with Crippen molar-refractivity contribution >= 4 is 0 Å². The van der Waals surface area contributed by atoms with Crippen LogP contribution in [0.2, 0.25) is 0 Å². The van der Waals surface area contributed by atoms with Crippen LogP contribution in [0.15, 0.2) is 18.2 Å². The number of alkyl halides is 2. The second kappa shape index (κ2) is 3.92. The molecule has 1 aromatic rings. The maximum atomic E-state index is 12.0. The number of halogens is 2. The third-order valence-corrected chi connectivity index (χ3v) is 2.25. The number of benzene rings is 1. The van der Waals surface area contributed by atoms with Gasteiger partial charge in [0.2, 0.25) is 0 Å². The summed E-state index contributed by atoms with van der Waals surface area (Å²) in [6.07, 6.45) is 0.693. The van der Waals surface area contributed by atoms with E-state index in [0.717, 1.165) is 11.1 Å². The van der Waals surface area contributed by atoms with Crippen molar-refractivity contribution in [3.05, 3.63) is 29.3 Å². The molecule has 14 heavy (non-hydrogen) atoms. The number of fused-ring (bicyclic) bond motifs is 1. The Bertz CT molecular complexity index is 328. The Kier molecular flexibility index (Phi) is 2.63. The van der Waals surface area contributed by atoms with Gasteiger partial charge in [-0.2, -0.15) is 8.78 Å². The lowest BCUT2D eigenvalue weighted by molar-refractivity contribution is -0.0505. The second-order valence-corrected chi connectivity index (χ2v) is 3.13. The van der Waals surface area contributed by atoms with Crippen LogP contribution >= 0.6 is 0 Å². The summed E-state index contributed by atoms with van der Waals surface area (Å²) in [5.74, 6) is 0.299. The molecule has 0 spiro atoms. The SMILES string of the molecule is FC(F)Oc1cccc2c1CC[N]C2. The molecule has 0 saturated carbocycles. The standard InChI is InChI=1S/C10H10F2NO/c11-10(12)14-9-3-1-2-7-6-13-5-4-8(7)9/h1-3,10H,4-6H2. The fraction of sp³-hybridized carbons (Fsp3) is 0.400. The fourth-order valence-corrected chi connectivity index (χ4v) is 1.64. The summed E-state index contributed by atoms with van der Waals surface area (Å²) in [5.41, 5.74) is 1.87. The van der Waals surface area contributed by atoms with Crippen LogP contribution in [-0.2, 0) is 13.0 Å². The predicted molar refractivity (Wildman–Crippen MR) is 47.5 cm³/mol. The first kappa shape index (κ1) is 9.40. The van der Waals surface area contributed by atoms with Gasteiger partial charge < -0.3 is 4.74 Å². The van der Waals surface area contributed by atoms with Crippen LogP contribution < -0.4 is 10.1 Å². The van der Waals surface area contributed by atoms with E-state index in [4.69, 9.17) is 0 Å². The lowest BCUT2D eigenvalue weighted by Crippen LogP contribution is -2.19. The zero-order valence-corrected chi connectivity index (χ0v) is 7.54. The van der Waals surface area contributed by atoms with Crippen molar-refractivity contribution in [1.29, 1.82) is 0 Å². The van der Waals surface area contributed by atoms with Crippen molar-refractivity contribution in [2.24, 2.45) is 0 Å². The van der Waals surface area contributed by atoms with Crippen molar-refractivity contribution in [3.63, 3.8) is 0 Å². The Morgan fingerprint density at radius 2 is 2.21 bits per heavy atom. The largest absolute Gasteiger partial charge is 0.435 e. The van der Waals surface area contributed by atoms with E-state index in [1.54, 1.807) is 12.1 Å². The molecule has 2 nitrogen and oxygen atoms in total. The molecule has 0 aromatic heterocycles. The second-order valence-electron chi connectivity index (χ2n) is 3.13. The number of hydrogen-bond acceptors (Lipinski definition) is 1. The Morgan fingerprint density at radius 3 is 3.00 bits per heavy atom. The van der Waals surface area contributed by atoms with Gasteiger partial charge in [0.15, 0.2) is 0 Å². The van der Waals surface area contributed by atoms with Crippen molar-refractivity contribution in [1.82, 2.24) is 5.32 Å².